The second-order valence-corrected chi connectivity index (χ2v) is 5.88. The van der Waals surface area contributed by atoms with Crippen molar-refractivity contribution >= 4 is 17.3 Å². The third-order valence-electron chi connectivity index (χ3n) is 4.54. The molecule has 1 atom stereocenters. The molecule has 2 aliphatic heterocycles. The van der Waals surface area contributed by atoms with Crippen LogP contribution in [-0.4, -0.2) is 34.8 Å². The van der Waals surface area contributed by atoms with E-state index in [-0.39, 0.29) is 17.8 Å². The maximum atomic E-state index is 13.5. The van der Waals surface area contributed by atoms with Gasteiger partial charge in [0.15, 0.2) is 0 Å². The molecule has 2 aliphatic rings. The fraction of sp³-hybridized carbons (Fsp3) is 0.375. The van der Waals surface area contributed by atoms with Gasteiger partial charge in [0, 0.05) is 32.0 Å². The number of aromatic nitrogens is 2. The van der Waals surface area contributed by atoms with E-state index in [1.165, 1.54) is 6.07 Å². The van der Waals surface area contributed by atoms with Gasteiger partial charge < -0.3 is 9.80 Å². The van der Waals surface area contributed by atoms with Gasteiger partial charge >= 0.3 is 0 Å². The third kappa shape index (κ3) is 1.98. The number of carbonyl (C=O) groups excluding carboxylic acids is 1. The lowest BCUT2D eigenvalue weighted by Gasteiger charge is -2.25. The lowest BCUT2D eigenvalue weighted by molar-refractivity contribution is -0.118. The van der Waals surface area contributed by atoms with Gasteiger partial charge in [0.2, 0.25) is 5.91 Å². The molecule has 1 aromatic carbocycles. The van der Waals surface area contributed by atoms with Crippen LogP contribution in [0.5, 0.6) is 0 Å². The number of halogens is 1. The SMILES string of the molecule is Cn1cc(N2CC[C@@H](N3CCc4ccc(F)cc43)C2=O)cn1. The minimum Gasteiger partial charge on any atom is -0.359 e. The predicted molar refractivity (Wildman–Crippen MR) is 81.4 cm³/mol. The van der Waals surface area contributed by atoms with E-state index >= 15 is 0 Å². The quantitative estimate of drug-likeness (QED) is 0.848. The first kappa shape index (κ1) is 13.3. The number of rotatable bonds is 2. The van der Waals surface area contributed by atoms with Gasteiger partial charge in [0.05, 0.1) is 11.9 Å². The number of anilines is 2. The Balaban J connectivity index is 1.61. The Kier molecular flexibility index (Phi) is 2.92. The molecule has 0 N–H and O–H groups in total. The Morgan fingerprint density at radius 2 is 2.18 bits per heavy atom. The minimum atomic E-state index is -0.250. The van der Waals surface area contributed by atoms with Crippen molar-refractivity contribution in [3.8, 4) is 0 Å². The number of hydrogen-bond acceptors (Lipinski definition) is 3. The molecule has 114 valence electrons. The minimum absolute atomic E-state index is 0.0742. The van der Waals surface area contributed by atoms with Gasteiger partial charge in [-0.2, -0.15) is 5.10 Å². The van der Waals surface area contributed by atoms with Gasteiger partial charge in [-0.1, -0.05) is 6.07 Å². The molecule has 0 spiro atoms. The zero-order valence-electron chi connectivity index (χ0n) is 12.4. The molecular formula is C16H17FN4O. The number of aryl methyl sites for hydroxylation is 1. The Labute approximate surface area is 127 Å². The van der Waals surface area contributed by atoms with Crippen LogP contribution in [0.15, 0.2) is 30.6 Å². The smallest absolute Gasteiger partial charge is 0.249 e. The molecule has 3 heterocycles. The van der Waals surface area contributed by atoms with Crippen molar-refractivity contribution in [2.45, 2.75) is 18.9 Å². The molecule has 0 saturated carbocycles. The zero-order chi connectivity index (χ0) is 15.3. The number of carbonyl (C=O) groups is 1. The molecule has 2 aromatic rings. The van der Waals surface area contributed by atoms with Crippen LogP contribution in [0, 0.1) is 5.82 Å². The van der Waals surface area contributed by atoms with Crippen molar-refractivity contribution in [1.82, 2.24) is 9.78 Å². The van der Waals surface area contributed by atoms with Gasteiger partial charge in [-0.05, 0) is 30.5 Å². The normalized spacial score (nSPS) is 20.8. The molecule has 6 heteroatoms. The van der Waals surface area contributed by atoms with Crippen molar-refractivity contribution in [2.24, 2.45) is 7.05 Å². The maximum Gasteiger partial charge on any atom is 0.249 e. The first-order valence-electron chi connectivity index (χ1n) is 7.48. The van der Waals surface area contributed by atoms with Crippen LogP contribution in [0.3, 0.4) is 0 Å². The number of fused-ring (bicyclic) bond motifs is 1. The second kappa shape index (κ2) is 4.83. The molecule has 1 amide bonds. The average Bonchev–Trinajstić information content (AvgIpc) is 3.17. The van der Waals surface area contributed by atoms with Crippen molar-refractivity contribution in [3.63, 3.8) is 0 Å². The molecule has 1 aromatic heterocycles. The molecule has 0 unspecified atom stereocenters. The van der Waals surface area contributed by atoms with Crippen LogP contribution >= 0.6 is 0 Å². The Hall–Kier alpha value is -2.37. The molecule has 4 rings (SSSR count). The summed E-state index contributed by atoms with van der Waals surface area (Å²) in [5, 5.41) is 4.13. The molecule has 1 saturated heterocycles. The van der Waals surface area contributed by atoms with Gasteiger partial charge in [0.1, 0.15) is 11.9 Å². The molecule has 0 aliphatic carbocycles. The van der Waals surface area contributed by atoms with E-state index in [9.17, 15) is 9.18 Å². The van der Waals surface area contributed by atoms with E-state index in [1.54, 1.807) is 21.8 Å². The number of amides is 1. The largest absolute Gasteiger partial charge is 0.359 e. The highest BCUT2D eigenvalue weighted by atomic mass is 19.1. The summed E-state index contributed by atoms with van der Waals surface area (Å²) in [5.41, 5.74) is 2.81. The number of hydrogen-bond donors (Lipinski definition) is 0. The van der Waals surface area contributed by atoms with Crippen molar-refractivity contribution < 1.29 is 9.18 Å². The van der Waals surface area contributed by atoms with E-state index < -0.39 is 0 Å². The first-order chi connectivity index (χ1) is 10.6. The van der Waals surface area contributed by atoms with Crippen LogP contribution in [-0.2, 0) is 18.3 Å². The predicted octanol–water partition coefficient (Wildman–Crippen LogP) is 1.73. The molecule has 0 radical (unpaired) electrons. The standard InChI is InChI=1S/C16H17FN4O/c1-19-10-13(9-18-19)20-7-5-14(16(20)22)21-6-4-11-2-3-12(17)8-15(11)21/h2-3,8-10,14H,4-7H2,1H3/t14-/m1/s1. The summed E-state index contributed by atoms with van der Waals surface area (Å²) in [6, 6.07) is 4.65. The van der Waals surface area contributed by atoms with Crippen molar-refractivity contribution in [2.75, 3.05) is 22.9 Å². The van der Waals surface area contributed by atoms with E-state index in [4.69, 9.17) is 0 Å². The fourth-order valence-corrected chi connectivity index (χ4v) is 3.46. The molecule has 0 bridgehead atoms. The van der Waals surface area contributed by atoms with Crippen LogP contribution in [0.2, 0.25) is 0 Å². The summed E-state index contributed by atoms with van der Waals surface area (Å²) in [5.74, 6) is -0.176. The van der Waals surface area contributed by atoms with E-state index in [0.717, 1.165) is 36.3 Å². The number of benzene rings is 1. The van der Waals surface area contributed by atoms with Crippen molar-refractivity contribution in [1.29, 1.82) is 0 Å². The first-order valence-corrected chi connectivity index (χ1v) is 7.48. The fourth-order valence-electron chi connectivity index (χ4n) is 3.46. The van der Waals surface area contributed by atoms with E-state index in [0.29, 0.717) is 6.54 Å². The Morgan fingerprint density at radius 1 is 1.32 bits per heavy atom. The molecule has 22 heavy (non-hydrogen) atoms. The zero-order valence-corrected chi connectivity index (χ0v) is 12.4. The Bertz CT molecular complexity index is 741. The van der Waals surface area contributed by atoms with Crippen LogP contribution in [0.4, 0.5) is 15.8 Å². The van der Waals surface area contributed by atoms with E-state index in [1.807, 2.05) is 19.3 Å². The third-order valence-corrected chi connectivity index (χ3v) is 4.54. The van der Waals surface area contributed by atoms with Crippen LogP contribution in [0.1, 0.15) is 12.0 Å². The Morgan fingerprint density at radius 3 is 2.95 bits per heavy atom. The van der Waals surface area contributed by atoms with Crippen LogP contribution < -0.4 is 9.80 Å². The van der Waals surface area contributed by atoms with Crippen LogP contribution in [0.25, 0.3) is 0 Å². The summed E-state index contributed by atoms with van der Waals surface area (Å²) < 4.78 is 15.2. The average molecular weight is 300 g/mol. The summed E-state index contributed by atoms with van der Waals surface area (Å²) in [6.45, 7) is 1.45. The molecule has 1 fully saturated rings. The molecule has 5 nitrogen and oxygen atoms in total. The van der Waals surface area contributed by atoms with E-state index in [2.05, 4.69) is 10.00 Å². The summed E-state index contributed by atoms with van der Waals surface area (Å²) in [6.07, 6.45) is 5.17. The highest BCUT2D eigenvalue weighted by molar-refractivity contribution is 6.01. The summed E-state index contributed by atoms with van der Waals surface area (Å²) in [7, 11) is 1.83. The van der Waals surface area contributed by atoms with Gasteiger partial charge in [-0.3, -0.25) is 9.48 Å². The topological polar surface area (TPSA) is 41.4 Å². The summed E-state index contributed by atoms with van der Waals surface area (Å²) >= 11 is 0. The number of nitrogens with zero attached hydrogens (tertiary/aromatic N) is 4. The van der Waals surface area contributed by atoms with Gasteiger partial charge in [-0.15, -0.1) is 0 Å². The van der Waals surface area contributed by atoms with Crippen molar-refractivity contribution in [3.05, 3.63) is 42.0 Å². The maximum absolute atomic E-state index is 13.5. The lowest BCUT2D eigenvalue weighted by Crippen LogP contribution is -2.41. The van der Waals surface area contributed by atoms with Gasteiger partial charge in [0.25, 0.3) is 0 Å². The second-order valence-electron chi connectivity index (χ2n) is 5.88. The highest BCUT2D eigenvalue weighted by Gasteiger charge is 2.39. The van der Waals surface area contributed by atoms with Gasteiger partial charge in [-0.25, -0.2) is 4.39 Å². The summed E-state index contributed by atoms with van der Waals surface area (Å²) in [4.78, 5) is 16.6. The monoisotopic (exact) mass is 300 g/mol. The lowest BCUT2D eigenvalue weighted by atomic mass is 10.1. The molecular weight excluding hydrogens is 283 g/mol. The highest BCUT2D eigenvalue weighted by Crippen LogP contribution is 2.34.